The lowest BCUT2D eigenvalue weighted by atomic mass is 10.2. The topological polar surface area (TPSA) is 62.3 Å². The maximum Gasteiger partial charge on any atom is 0.235 e. The van der Waals surface area contributed by atoms with Gasteiger partial charge in [-0.2, -0.15) is 10.2 Å². The van der Waals surface area contributed by atoms with E-state index in [1.807, 2.05) is 54.6 Å². The highest BCUT2D eigenvalue weighted by Crippen LogP contribution is 2.30. The van der Waals surface area contributed by atoms with Crippen molar-refractivity contribution in [1.82, 2.24) is 4.98 Å². The second-order valence-corrected chi connectivity index (χ2v) is 6.98. The summed E-state index contributed by atoms with van der Waals surface area (Å²) in [7, 11) is 0. The lowest BCUT2D eigenvalue weighted by Crippen LogP contribution is -2.24. The minimum Gasteiger partial charge on any atom is -0.489 e. The summed E-state index contributed by atoms with van der Waals surface area (Å²) >= 11 is 0. The van der Waals surface area contributed by atoms with Gasteiger partial charge in [0.2, 0.25) is 17.5 Å². The maximum absolute atomic E-state index is 9.48. The Bertz CT molecular complexity index is 934. The molecule has 1 aliphatic heterocycles. The molecule has 1 aromatic heterocycles. The molecule has 2 aromatic carbocycles. The van der Waals surface area contributed by atoms with E-state index < -0.39 is 0 Å². The minimum absolute atomic E-state index is 0.362. The van der Waals surface area contributed by atoms with Crippen molar-refractivity contribution < 1.29 is 9.15 Å². The van der Waals surface area contributed by atoms with Crippen molar-refractivity contribution in [3.63, 3.8) is 0 Å². The van der Waals surface area contributed by atoms with Crippen molar-refractivity contribution in [2.75, 3.05) is 18.0 Å². The summed E-state index contributed by atoms with van der Waals surface area (Å²) < 4.78 is 11.8. The molecular formula is C23H23N3O2. The zero-order valence-corrected chi connectivity index (χ0v) is 15.8. The summed E-state index contributed by atoms with van der Waals surface area (Å²) in [5, 5.41) is 9.48. The number of nitrogens with zero attached hydrogens (tertiary/aromatic N) is 3. The van der Waals surface area contributed by atoms with E-state index in [2.05, 4.69) is 16.0 Å². The summed E-state index contributed by atoms with van der Waals surface area (Å²) in [4.78, 5) is 6.57. The van der Waals surface area contributed by atoms with Gasteiger partial charge in [0.15, 0.2) is 0 Å². The van der Waals surface area contributed by atoms with Crippen LogP contribution >= 0.6 is 0 Å². The van der Waals surface area contributed by atoms with E-state index >= 15 is 0 Å². The monoisotopic (exact) mass is 373 g/mol. The van der Waals surface area contributed by atoms with Gasteiger partial charge in [-0.25, -0.2) is 0 Å². The third-order valence-electron chi connectivity index (χ3n) is 4.96. The van der Waals surface area contributed by atoms with Crippen LogP contribution < -0.4 is 9.64 Å². The number of rotatable bonds is 5. The SMILES string of the molecule is N#Cc1nc(-c2ccc(OCc3ccccc3)cc2)oc1N1CCCCCC1. The van der Waals surface area contributed by atoms with Crippen molar-refractivity contribution in [2.24, 2.45) is 0 Å². The molecule has 0 radical (unpaired) electrons. The fourth-order valence-corrected chi connectivity index (χ4v) is 3.43. The maximum atomic E-state index is 9.48. The Balaban J connectivity index is 1.48. The van der Waals surface area contributed by atoms with Crippen molar-refractivity contribution >= 4 is 5.88 Å². The molecule has 5 heteroatoms. The number of benzene rings is 2. The molecule has 1 aliphatic rings. The minimum atomic E-state index is 0.362. The van der Waals surface area contributed by atoms with Crippen LogP contribution in [0.5, 0.6) is 5.75 Å². The molecule has 5 nitrogen and oxygen atoms in total. The second-order valence-electron chi connectivity index (χ2n) is 6.98. The largest absolute Gasteiger partial charge is 0.489 e. The van der Waals surface area contributed by atoms with E-state index in [1.165, 1.54) is 12.8 Å². The van der Waals surface area contributed by atoms with Crippen LogP contribution in [0.2, 0.25) is 0 Å². The molecule has 0 bridgehead atoms. The van der Waals surface area contributed by atoms with E-state index in [-0.39, 0.29) is 0 Å². The molecular weight excluding hydrogens is 350 g/mol. The molecule has 0 saturated carbocycles. The van der Waals surface area contributed by atoms with Crippen LogP contribution in [-0.2, 0) is 6.61 Å². The number of aromatic nitrogens is 1. The van der Waals surface area contributed by atoms with Gasteiger partial charge in [-0.15, -0.1) is 0 Å². The first-order valence-corrected chi connectivity index (χ1v) is 9.76. The number of hydrogen-bond donors (Lipinski definition) is 0. The Morgan fingerprint density at radius 3 is 2.36 bits per heavy atom. The smallest absolute Gasteiger partial charge is 0.235 e. The second kappa shape index (κ2) is 8.62. The normalized spacial score (nSPS) is 14.3. The third kappa shape index (κ3) is 4.17. The molecule has 1 saturated heterocycles. The first kappa shape index (κ1) is 18.1. The quantitative estimate of drug-likeness (QED) is 0.617. The van der Waals surface area contributed by atoms with Crippen molar-refractivity contribution in [1.29, 1.82) is 5.26 Å². The summed E-state index contributed by atoms with van der Waals surface area (Å²) in [6, 6.07) is 19.9. The first-order chi connectivity index (χ1) is 13.8. The van der Waals surface area contributed by atoms with Crippen molar-refractivity contribution in [3.8, 4) is 23.3 Å². The van der Waals surface area contributed by atoms with Crippen LogP contribution in [0, 0.1) is 11.3 Å². The van der Waals surface area contributed by atoms with Crippen LogP contribution in [0.4, 0.5) is 5.88 Å². The van der Waals surface area contributed by atoms with Gasteiger partial charge in [-0.1, -0.05) is 43.2 Å². The van der Waals surface area contributed by atoms with Crippen LogP contribution in [0.1, 0.15) is 36.9 Å². The predicted molar refractivity (Wildman–Crippen MR) is 108 cm³/mol. The molecule has 0 atom stereocenters. The van der Waals surface area contributed by atoms with Gasteiger partial charge in [0.1, 0.15) is 18.4 Å². The molecule has 0 aliphatic carbocycles. The lowest BCUT2D eigenvalue weighted by molar-refractivity contribution is 0.306. The molecule has 4 rings (SSSR count). The van der Waals surface area contributed by atoms with E-state index in [9.17, 15) is 5.26 Å². The molecule has 142 valence electrons. The summed E-state index contributed by atoms with van der Waals surface area (Å²) in [5.74, 6) is 1.86. The lowest BCUT2D eigenvalue weighted by Gasteiger charge is -2.18. The van der Waals surface area contributed by atoms with Crippen LogP contribution in [0.3, 0.4) is 0 Å². The number of ether oxygens (including phenoxy) is 1. The van der Waals surface area contributed by atoms with Crippen molar-refractivity contribution in [3.05, 3.63) is 65.9 Å². The number of oxazole rings is 1. The Morgan fingerprint density at radius 1 is 0.964 bits per heavy atom. The van der Waals surface area contributed by atoms with Crippen molar-refractivity contribution in [2.45, 2.75) is 32.3 Å². The highest BCUT2D eigenvalue weighted by atomic mass is 16.5. The van der Waals surface area contributed by atoms with Gasteiger partial charge in [0.05, 0.1) is 0 Å². The van der Waals surface area contributed by atoms with E-state index in [0.717, 1.165) is 42.8 Å². The highest BCUT2D eigenvalue weighted by molar-refractivity contribution is 5.60. The standard InChI is InChI=1S/C23H23N3O2/c24-16-21-23(26-14-6-1-2-7-15-26)28-22(25-21)19-10-12-20(13-11-19)27-17-18-8-4-3-5-9-18/h3-5,8-13H,1-2,6-7,14-15,17H2. The van der Waals surface area contributed by atoms with Crippen LogP contribution in [0.15, 0.2) is 59.0 Å². The van der Waals surface area contributed by atoms with E-state index in [0.29, 0.717) is 24.1 Å². The van der Waals surface area contributed by atoms with Gasteiger partial charge in [0, 0.05) is 18.7 Å². The molecule has 0 spiro atoms. The average molecular weight is 373 g/mol. The highest BCUT2D eigenvalue weighted by Gasteiger charge is 2.21. The number of nitriles is 1. The first-order valence-electron chi connectivity index (χ1n) is 9.76. The molecule has 3 aromatic rings. The zero-order chi connectivity index (χ0) is 19.2. The number of hydrogen-bond acceptors (Lipinski definition) is 5. The van der Waals surface area contributed by atoms with E-state index in [4.69, 9.17) is 9.15 Å². The fraction of sp³-hybridized carbons (Fsp3) is 0.304. The van der Waals surface area contributed by atoms with Gasteiger partial charge in [0.25, 0.3) is 0 Å². The summed E-state index contributed by atoms with van der Waals surface area (Å²) in [6.45, 7) is 2.35. The van der Waals surface area contributed by atoms with Gasteiger partial charge >= 0.3 is 0 Å². The molecule has 1 fully saturated rings. The molecule has 0 amide bonds. The van der Waals surface area contributed by atoms with Gasteiger partial charge < -0.3 is 14.1 Å². The molecule has 0 unspecified atom stereocenters. The molecule has 28 heavy (non-hydrogen) atoms. The molecule has 0 N–H and O–H groups in total. The average Bonchev–Trinajstić information content (AvgIpc) is 3.00. The fourth-order valence-electron chi connectivity index (χ4n) is 3.43. The zero-order valence-electron chi connectivity index (χ0n) is 15.8. The Hall–Kier alpha value is -3.26. The van der Waals surface area contributed by atoms with E-state index in [1.54, 1.807) is 0 Å². The Kier molecular flexibility index (Phi) is 5.58. The van der Waals surface area contributed by atoms with Gasteiger partial charge in [-0.05, 0) is 42.7 Å². The third-order valence-corrected chi connectivity index (χ3v) is 4.96. The Labute approximate surface area is 165 Å². The Morgan fingerprint density at radius 2 is 1.68 bits per heavy atom. The molecule has 2 heterocycles. The summed E-state index contributed by atoms with van der Waals surface area (Å²) in [5.41, 5.74) is 2.32. The van der Waals surface area contributed by atoms with Crippen LogP contribution in [-0.4, -0.2) is 18.1 Å². The van der Waals surface area contributed by atoms with Crippen LogP contribution in [0.25, 0.3) is 11.5 Å². The summed E-state index contributed by atoms with van der Waals surface area (Å²) in [6.07, 6.45) is 4.69. The number of anilines is 1. The predicted octanol–water partition coefficient (Wildman–Crippen LogP) is 5.17. The van der Waals surface area contributed by atoms with Gasteiger partial charge in [-0.3, -0.25) is 0 Å².